The van der Waals surface area contributed by atoms with Gasteiger partial charge in [-0.2, -0.15) is 13.2 Å². The summed E-state index contributed by atoms with van der Waals surface area (Å²) in [7, 11) is 0. The molecule has 0 saturated carbocycles. The minimum Gasteiger partial charge on any atom is -0.311 e. The molecule has 464 valence electrons. The molecule has 13 aromatic carbocycles. The van der Waals surface area contributed by atoms with Crippen LogP contribution in [0.3, 0.4) is 0 Å². The molecule has 0 fully saturated rings. The van der Waals surface area contributed by atoms with Gasteiger partial charge in [-0.1, -0.05) is 218 Å². The molecule has 13 heteroatoms. The maximum Gasteiger partial charge on any atom is 0.419 e. The van der Waals surface area contributed by atoms with E-state index in [0.717, 1.165) is 114 Å². The number of rotatable bonds is 12. The molecule has 97 heavy (non-hydrogen) atoms. The first-order valence-corrected chi connectivity index (χ1v) is 33.1. The second kappa shape index (κ2) is 23.7. The van der Waals surface area contributed by atoms with Gasteiger partial charge in [0.05, 0.1) is 34.0 Å². The van der Waals surface area contributed by atoms with Crippen LogP contribution in [-0.2, 0) is 6.18 Å². The zero-order chi connectivity index (χ0) is 65.6. The summed E-state index contributed by atoms with van der Waals surface area (Å²) in [4.78, 5) is 10.7. The second-order valence-electron chi connectivity index (χ2n) is 24.4. The van der Waals surface area contributed by atoms with E-state index in [4.69, 9.17) is 0 Å². The van der Waals surface area contributed by atoms with E-state index in [9.17, 15) is 0 Å². The third-order valence-electron chi connectivity index (χ3n) is 19.1. The lowest BCUT2D eigenvalue weighted by Crippen LogP contribution is -2.65. The molecule has 17 rings (SSSR count). The highest BCUT2D eigenvalue weighted by atomic mass is 32.2. The van der Waals surface area contributed by atoms with Gasteiger partial charge in [0.15, 0.2) is 0 Å². The predicted molar refractivity (Wildman–Crippen MR) is 394 cm³/mol. The number of alkyl halides is 3. The maximum absolute atomic E-state index is 18.2. The van der Waals surface area contributed by atoms with Crippen LogP contribution in [-0.4, -0.2) is 13.4 Å². The molecule has 4 aliphatic rings. The van der Waals surface area contributed by atoms with Crippen molar-refractivity contribution in [3.63, 3.8) is 0 Å². The van der Waals surface area contributed by atoms with Crippen LogP contribution < -0.4 is 57.3 Å². The van der Waals surface area contributed by atoms with Crippen LogP contribution in [0.1, 0.15) is 18.1 Å². The number of nitrogens with zero attached hydrogens (tertiary/aromatic N) is 5. The summed E-state index contributed by atoms with van der Waals surface area (Å²) >= 11 is 1.09. The quantitative estimate of drug-likeness (QED) is 0.0683. The number of anilines is 15. The van der Waals surface area contributed by atoms with E-state index >= 15 is 22.0 Å². The Labute approximate surface area is 564 Å². The third kappa shape index (κ3) is 9.69. The highest BCUT2D eigenvalue weighted by molar-refractivity contribution is 8.00. The molecule has 0 radical (unpaired) electrons. The number of hydrogen-bond donors (Lipinski definition) is 0. The van der Waals surface area contributed by atoms with E-state index in [2.05, 4.69) is 86.8 Å². The van der Waals surface area contributed by atoms with Gasteiger partial charge in [-0.15, -0.1) is 0 Å². The Kier molecular flexibility index (Phi) is 14.5. The Balaban J connectivity index is 1.00. The molecule has 4 heterocycles. The zero-order valence-corrected chi connectivity index (χ0v) is 53.2. The van der Waals surface area contributed by atoms with E-state index in [1.165, 1.54) is 11.0 Å². The standard InChI is InChI=1S/C84H56B2F5N5S/c1-3-54(4-2)63-38-20-24-42-70(63)93(59-34-16-8-17-35-59)62-51-77-81-78(52-62)97-83-68(86(81)66-41-23-27-45-73(66)95(77)71-43-25-21-39-64(71)55-28-10-5-11-29-55)53-67-82(79(83)84(89,90)91)96(74-47-46-56(87)48-69(74)88)76-50-61(92(57-30-12-6-13-31-57)58-32-14-7-15-33-58)49-75-80(76)85(67)65-40-22-26-44-72(65)94(75)60-36-18-9-19-37-60/h3-53H,1H2,2H3/b54-4+. The number of benzene rings is 13. The highest BCUT2D eigenvalue weighted by Crippen LogP contribution is 2.56. The average molecular weight is 1280 g/mol. The van der Waals surface area contributed by atoms with Crippen molar-refractivity contribution >= 4 is 149 Å². The Bertz CT molecular complexity index is 5270. The maximum atomic E-state index is 18.2. The number of halogens is 5. The predicted octanol–water partition coefficient (Wildman–Crippen LogP) is 20.0. The minimum atomic E-state index is -5.10. The second-order valence-corrected chi connectivity index (χ2v) is 25.5. The number of hydrogen-bond acceptors (Lipinski definition) is 6. The summed E-state index contributed by atoms with van der Waals surface area (Å²) in [6.07, 6.45) is -1.24. The van der Waals surface area contributed by atoms with Crippen molar-refractivity contribution in [2.45, 2.75) is 22.9 Å². The van der Waals surface area contributed by atoms with Crippen LogP contribution in [0.4, 0.5) is 107 Å². The SMILES string of the molecule is C=C/C(=C\C)c1ccccc1N(c1ccccc1)c1cc2c3c(c1)N(c1ccccc1-c1ccccc1)c1ccccc1B3c1cc3c(c(C(F)(F)F)c1S2)N(c1ccc(F)cc1F)c1cc(N(c2ccccc2)c2ccccc2)cc2c1B3c1ccccc1N2c1ccccc1. The molecule has 0 N–H and O–H groups in total. The normalized spacial score (nSPS) is 13.2. The van der Waals surface area contributed by atoms with Crippen LogP contribution >= 0.6 is 11.8 Å². The van der Waals surface area contributed by atoms with Crippen molar-refractivity contribution in [3.05, 3.63) is 339 Å². The number of fused-ring (bicyclic) bond motifs is 8. The monoisotopic (exact) mass is 1280 g/mol. The molecule has 5 nitrogen and oxygen atoms in total. The van der Waals surface area contributed by atoms with Gasteiger partial charge in [-0.25, -0.2) is 8.78 Å². The first-order valence-electron chi connectivity index (χ1n) is 32.2. The molecule has 0 aliphatic carbocycles. The van der Waals surface area contributed by atoms with E-state index in [1.807, 2.05) is 237 Å². The molecule has 0 atom stereocenters. The smallest absolute Gasteiger partial charge is 0.311 e. The molecule has 0 aromatic heterocycles. The lowest BCUT2D eigenvalue weighted by molar-refractivity contribution is -0.139. The van der Waals surface area contributed by atoms with Gasteiger partial charge in [-0.05, 0) is 155 Å². The van der Waals surface area contributed by atoms with Crippen molar-refractivity contribution in [1.29, 1.82) is 0 Å². The number of allylic oxidation sites excluding steroid dienone is 3. The van der Waals surface area contributed by atoms with Crippen LogP contribution in [0.15, 0.2) is 326 Å². The molecule has 13 aromatic rings. The zero-order valence-electron chi connectivity index (χ0n) is 52.3. The summed E-state index contributed by atoms with van der Waals surface area (Å²) in [5, 5.41) is 0. The Hall–Kier alpha value is -11.5. The van der Waals surface area contributed by atoms with Crippen molar-refractivity contribution in [1.82, 2.24) is 0 Å². The van der Waals surface area contributed by atoms with Crippen LogP contribution in [0.2, 0.25) is 0 Å². The van der Waals surface area contributed by atoms with Gasteiger partial charge in [0, 0.05) is 83.9 Å². The Morgan fingerprint density at radius 3 is 1.55 bits per heavy atom. The van der Waals surface area contributed by atoms with Crippen molar-refractivity contribution in [2.75, 3.05) is 24.5 Å². The number of para-hydroxylation sites is 8. The molecule has 0 amide bonds. The van der Waals surface area contributed by atoms with Crippen molar-refractivity contribution < 1.29 is 22.0 Å². The first kappa shape index (κ1) is 59.2. The van der Waals surface area contributed by atoms with Crippen molar-refractivity contribution in [2.24, 2.45) is 0 Å². The van der Waals surface area contributed by atoms with Gasteiger partial charge in [-0.3, -0.25) is 0 Å². The molecule has 0 spiro atoms. The van der Waals surface area contributed by atoms with E-state index in [-0.39, 0.29) is 16.3 Å². The summed E-state index contributed by atoms with van der Waals surface area (Å²) in [6.45, 7) is 4.56. The highest BCUT2D eigenvalue weighted by Gasteiger charge is 2.53. The van der Waals surface area contributed by atoms with Gasteiger partial charge in [0.1, 0.15) is 11.6 Å². The van der Waals surface area contributed by atoms with Crippen LogP contribution in [0.25, 0.3) is 16.7 Å². The fourth-order valence-corrected chi connectivity index (χ4v) is 16.6. The summed E-state index contributed by atoms with van der Waals surface area (Å²) in [5.74, 6) is -1.90. The topological polar surface area (TPSA) is 16.2 Å². The largest absolute Gasteiger partial charge is 0.419 e. The Morgan fingerprint density at radius 1 is 0.433 bits per heavy atom. The molecular weight excluding hydrogens is 1230 g/mol. The van der Waals surface area contributed by atoms with Gasteiger partial charge < -0.3 is 24.5 Å². The lowest BCUT2D eigenvalue weighted by Gasteiger charge is -2.47. The molecule has 0 saturated heterocycles. The van der Waals surface area contributed by atoms with E-state index in [0.29, 0.717) is 44.0 Å². The minimum absolute atomic E-state index is 0.0214. The van der Waals surface area contributed by atoms with Gasteiger partial charge in [0.25, 0.3) is 6.71 Å². The molecule has 0 bridgehead atoms. The lowest BCUT2D eigenvalue weighted by atomic mass is 9.30. The van der Waals surface area contributed by atoms with E-state index < -0.39 is 36.8 Å². The fourth-order valence-electron chi connectivity index (χ4n) is 15.2. The third-order valence-corrected chi connectivity index (χ3v) is 20.3. The van der Waals surface area contributed by atoms with Crippen LogP contribution in [0, 0.1) is 11.6 Å². The Morgan fingerprint density at radius 2 is 0.938 bits per heavy atom. The van der Waals surface area contributed by atoms with Gasteiger partial charge >= 0.3 is 6.18 Å². The van der Waals surface area contributed by atoms with Gasteiger partial charge in [0.2, 0.25) is 6.71 Å². The molecule has 0 unspecified atom stereocenters. The van der Waals surface area contributed by atoms with E-state index in [1.54, 1.807) is 0 Å². The summed E-state index contributed by atoms with van der Waals surface area (Å²) < 4.78 is 88.2. The molecular formula is C84H56B2F5N5S. The molecule has 4 aliphatic heterocycles. The summed E-state index contributed by atoms with van der Waals surface area (Å²) in [5.41, 5.74) is 15.7. The fraction of sp³-hybridized carbons (Fsp3) is 0.0238. The summed E-state index contributed by atoms with van der Waals surface area (Å²) in [6, 6.07) is 95.6. The first-order chi connectivity index (χ1) is 47.6. The van der Waals surface area contributed by atoms with Crippen molar-refractivity contribution in [3.8, 4) is 11.1 Å². The van der Waals surface area contributed by atoms with Crippen LogP contribution in [0.5, 0.6) is 0 Å². The average Bonchev–Trinajstić information content (AvgIpc) is 0.681.